The van der Waals surface area contributed by atoms with Crippen molar-refractivity contribution in [1.29, 1.82) is 0 Å². The topological polar surface area (TPSA) is 47.6 Å². The maximum absolute atomic E-state index is 13.4. The van der Waals surface area contributed by atoms with Crippen LogP contribution < -0.4 is 10.1 Å². The Kier molecular flexibility index (Phi) is 6.59. The lowest BCUT2D eigenvalue weighted by Crippen LogP contribution is -2.27. The van der Waals surface area contributed by atoms with Crippen LogP contribution in [0.5, 0.6) is 5.75 Å². The molecule has 0 aliphatic carbocycles. The number of methoxy groups -OCH3 is 2. The smallest absolute Gasteiger partial charge is 0.251 e. The van der Waals surface area contributed by atoms with E-state index in [4.69, 9.17) is 21.1 Å². The van der Waals surface area contributed by atoms with E-state index in [0.717, 1.165) is 6.07 Å². The van der Waals surface area contributed by atoms with Crippen molar-refractivity contribution in [3.05, 3.63) is 29.6 Å². The summed E-state index contributed by atoms with van der Waals surface area (Å²) in [5, 5.41) is 2.51. The van der Waals surface area contributed by atoms with E-state index in [1.54, 1.807) is 7.11 Å². The van der Waals surface area contributed by atoms with E-state index in [0.29, 0.717) is 19.6 Å². The number of hydrogen-bond acceptors (Lipinski definition) is 3. The van der Waals surface area contributed by atoms with Gasteiger partial charge in [-0.05, 0) is 24.6 Å². The van der Waals surface area contributed by atoms with Gasteiger partial charge in [-0.3, -0.25) is 4.79 Å². The van der Waals surface area contributed by atoms with E-state index in [9.17, 15) is 9.18 Å². The maximum Gasteiger partial charge on any atom is 0.251 e. The van der Waals surface area contributed by atoms with Gasteiger partial charge >= 0.3 is 0 Å². The largest absolute Gasteiger partial charge is 0.494 e. The summed E-state index contributed by atoms with van der Waals surface area (Å²) < 4.78 is 23.1. The summed E-state index contributed by atoms with van der Waals surface area (Å²) in [7, 11) is 2.93. The highest BCUT2D eigenvalue weighted by Gasteiger charge is 2.10. The average Bonchev–Trinajstić information content (AvgIpc) is 2.38. The molecule has 1 aromatic rings. The van der Waals surface area contributed by atoms with Crippen LogP contribution in [0.2, 0.25) is 0 Å². The Balaban J connectivity index is 2.47. The molecule has 1 atom stereocenters. The monoisotopic (exact) mass is 289 g/mol. The lowest BCUT2D eigenvalue weighted by molar-refractivity contribution is 0.0951. The van der Waals surface area contributed by atoms with Crippen molar-refractivity contribution in [2.24, 2.45) is 0 Å². The molecule has 106 valence electrons. The van der Waals surface area contributed by atoms with Crippen LogP contribution in [0.1, 0.15) is 16.8 Å². The zero-order valence-corrected chi connectivity index (χ0v) is 11.7. The van der Waals surface area contributed by atoms with Crippen molar-refractivity contribution < 1.29 is 18.7 Å². The van der Waals surface area contributed by atoms with Gasteiger partial charge in [-0.15, -0.1) is 11.6 Å². The van der Waals surface area contributed by atoms with Crippen LogP contribution in [0.3, 0.4) is 0 Å². The van der Waals surface area contributed by atoms with Crippen molar-refractivity contribution in [2.75, 3.05) is 27.4 Å². The first-order valence-corrected chi connectivity index (χ1v) is 6.27. The Hall–Kier alpha value is -1.33. The fraction of sp³-hybridized carbons (Fsp3) is 0.462. The molecule has 0 radical (unpaired) electrons. The molecule has 1 N–H and O–H groups in total. The zero-order valence-electron chi connectivity index (χ0n) is 10.9. The van der Waals surface area contributed by atoms with E-state index < -0.39 is 5.82 Å². The summed E-state index contributed by atoms with van der Waals surface area (Å²) in [6.07, 6.45) is 0.583. The van der Waals surface area contributed by atoms with Gasteiger partial charge in [-0.25, -0.2) is 4.39 Å². The summed E-state index contributed by atoms with van der Waals surface area (Å²) >= 11 is 5.92. The SMILES string of the molecule is COCC(Cl)CCNC(=O)c1ccc(OC)c(F)c1. The van der Waals surface area contributed by atoms with E-state index in [1.807, 2.05) is 0 Å². The molecule has 0 saturated heterocycles. The number of carbonyl (C=O) groups is 1. The van der Waals surface area contributed by atoms with E-state index >= 15 is 0 Å². The summed E-state index contributed by atoms with van der Waals surface area (Å²) in [5.74, 6) is -0.801. The number of hydrogen-bond donors (Lipinski definition) is 1. The number of amides is 1. The standard InChI is InChI=1S/C13H17ClFNO3/c1-18-8-10(14)5-6-16-13(17)9-3-4-12(19-2)11(15)7-9/h3-4,7,10H,5-6,8H2,1-2H3,(H,16,17). The molecule has 6 heteroatoms. The second kappa shape index (κ2) is 7.96. The third-order valence-corrected chi connectivity index (χ3v) is 2.85. The van der Waals surface area contributed by atoms with E-state index in [1.165, 1.54) is 19.2 Å². The van der Waals surface area contributed by atoms with Crippen LogP contribution in [0.15, 0.2) is 18.2 Å². The highest BCUT2D eigenvalue weighted by molar-refractivity contribution is 6.20. The Morgan fingerprint density at radius 2 is 2.21 bits per heavy atom. The van der Waals surface area contributed by atoms with Gasteiger partial charge in [0.25, 0.3) is 5.91 Å². The van der Waals surface area contributed by atoms with Gasteiger partial charge in [-0.1, -0.05) is 0 Å². The summed E-state index contributed by atoms with van der Waals surface area (Å²) in [4.78, 5) is 11.7. The molecule has 0 aliphatic rings. The minimum absolute atomic E-state index is 0.109. The molecule has 1 rings (SSSR count). The Morgan fingerprint density at radius 3 is 2.79 bits per heavy atom. The van der Waals surface area contributed by atoms with Gasteiger partial charge in [0.2, 0.25) is 0 Å². The Bertz CT molecular complexity index is 428. The fourth-order valence-electron chi connectivity index (χ4n) is 1.52. The predicted octanol–water partition coefficient (Wildman–Crippen LogP) is 2.21. The van der Waals surface area contributed by atoms with Gasteiger partial charge < -0.3 is 14.8 Å². The minimum Gasteiger partial charge on any atom is -0.494 e. The number of ether oxygens (including phenoxy) is 2. The molecule has 1 amide bonds. The molecule has 4 nitrogen and oxygen atoms in total. The van der Waals surface area contributed by atoms with Gasteiger partial charge in [0, 0.05) is 19.2 Å². The number of benzene rings is 1. The van der Waals surface area contributed by atoms with Crippen LogP contribution in [-0.4, -0.2) is 38.7 Å². The molecule has 1 aromatic carbocycles. The van der Waals surface area contributed by atoms with E-state index in [-0.39, 0.29) is 22.6 Å². The predicted molar refractivity (Wildman–Crippen MR) is 71.4 cm³/mol. The first-order chi connectivity index (χ1) is 9.08. The van der Waals surface area contributed by atoms with Gasteiger partial charge in [0.05, 0.1) is 19.1 Å². The number of rotatable bonds is 7. The molecule has 0 heterocycles. The van der Waals surface area contributed by atoms with Crippen LogP contribution in [0.4, 0.5) is 4.39 Å². The molecule has 0 aliphatic heterocycles. The van der Waals surface area contributed by atoms with Crippen LogP contribution >= 0.6 is 11.6 Å². The maximum atomic E-state index is 13.4. The third kappa shape index (κ3) is 5.04. The first-order valence-electron chi connectivity index (χ1n) is 5.83. The third-order valence-electron chi connectivity index (χ3n) is 2.50. The second-order valence-electron chi connectivity index (χ2n) is 3.95. The minimum atomic E-state index is -0.565. The molecule has 0 aromatic heterocycles. The highest BCUT2D eigenvalue weighted by atomic mass is 35.5. The zero-order chi connectivity index (χ0) is 14.3. The average molecular weight is 290 g/mol. The molecule has 0 bridgehead atoms. The summed E-state index contributed by atoms with van der Waals surface area (Å²) in [5.41, 5.74) is 0.246. The molecular weight excluding hydrogens is 273 g/mol. The Morgan fingerprint density at radius 1 is 1.47 bits per heavy atom. The van der Waals surface area contributed by atoms with Crippen LogP contribution in [0.25, 0.3) is 0 Å². The second-order valence-corrected chi connectivity index (χ2v) is 4.56. The quantitative estimate of drug-likeness (QED) is 0.783. The number of carbonyl (C=O) groups excluding carboxylic acids is 1. The molecule has 0 spiro atoms. The molecule has 0 fully saturated rings. The Labute approximate surface area is 116 Å². The molecule has 0 saturated carbocycles. The first kappa shape index (κ1) is 15.7. The normalized spacial score (nSPS) is 12.0. The van der Waals surface area contributed by atoms with Crippen molar-refractivity contribution in [2.45, 2.75) is 11.8 Å². The number of nitrogens with one attached hydrogen (secondary N) is 1. The van der Waals surface area contributed by atoms with Crippen molar-refractivity contribution >= 4 is 17.5 Å². The van der Waals surface area contributed by atoms with Gasteiger partial charge in [0.15, 0.2) is 11.6 Å². The van der Waals surface area contributed by atoms with Crippen molar-refractivity contribution in [3.63, 3.8) is 0 Å². The lowest BCUT2D eigenvalue weighted by Gasteiger charge is -2.10. The fourth-order valence-corrected chi connectivity index (χ4v) is 1.75. The van der Waals surface area contributed by atoms with Crippen LogP contribution in [-0.2, 0) is 4.74 Å². The molecule has 1 unspecified atom stereocenters. The highest BCUT2D eigenvalue weighted by Crippen LogP contribution is 2.17. The van der Waals surface area contributed by atoms with Gasteiger partial charge in [0.1, 0.15) is 0 Å². The summed E-state index contributed by atoms with van der Waals surface area (Å²) in [6.45, 7) is 0.832. The van der Waals surface area contributed by atoms with Crippen molar-refractivity contribution in [3.8, 4) is 5.75 Å². The number of halogens is 2. The van der Waals surface area contributed by atoms with Gasteiger partial charge in [-0.2, -0.15) is 0 Å². The molecular formula is C13H17ClFNO3. The molecule has 19 heavy (non-hydrogen) atoms. The summed E-state index contributed by atoms with van der Waals surface area (Å²) in [6, 6.07) is 4.06. The van der Waals surface area contributed by atoms with E-state index in [2.05, 4.69) is 5.32 Å². The van der Waals surface area contributed by atoms with Crippen molar-refractivity contribution in [1.82, 2.24) is 5.32 Å². The lowest BCUT2D eigenvalue weighted by atomic mass is 10.2. The number of alkyl halides is 1. The van der Waals surface area contributed by atoms with Crippen LogP contribution in [0, 0.1) is 5.82 Å².